The molecule has 9 aromatic rings. The topological polar surface area (TPSA) is 9.72 Å². The van der Waals surface area contributed by atoms with E-state index in [-0.39, 0.29) is 0 Å². The van der Waals surface area contributed by atoms with Crippen LogP contribution in [0.4, 0.5) is 51.2 Å². The van der Waals surface area contributed by atoms with Crippen molar-refractivity contribution in [2.45, 2.75) is 0 Å². The van der Waals surface area contributed by atoms with Gasteiger partial charge in [0.15, 0.2) is 0 Å². The average Bonchev–Trinajstić information content (AvgIpc) is 3.20. The van der Waals surface area contributed by atoms with Gasteiger partial charge in [0.05, 0.1) is 34.1 Å². The molecule has 3 nitrogen and oxygen atoms in total. The van der Waals surface area contributed by atoms with E-state index in [4.69, 9.17) is 0 Å². The van der Waals surface area contributed by atoms with Crippen LogP contribution in [0.5, 0.6) is 0 Å². The second-order valence-corrected chi connectivity index (χ2v) is 15.9. The molecular weight excluding hydrogens is 650 g/mol. The maximum atomic E-state index is 2.53. The SMILES string of the molecule is c1cc2c3c(c1)N(c1ccc4ccccc4c1)c1cccc4c1P3c1c(cccc1N4c1ccc3ccccc3c1)N2c1ccc2ccccc2c1. The van der Waals surface area contributed by atoms with Crippen molar-refractivity contribution < 1.29 is 0 Å². The van der Waals surface area contributed by atoms with E-state index in [0.717, 1.165) is 0 Å². The third-order valence-electron chi connectivity index (χ3n) is 11.1. The summed E-state index contributed by atoms with van der Waals surface area (Å²) in [4.78, 5) is 7.58. The molecule has 0 unspecified atom stereocenters. The predicted molar refractivity (Wildman–Crippen MR) is 222 cm³/mol. The van der Waals surface area contributed by atoms with Crippen LogP contribution < -0.4 is 30.6 Å². The zero-order valence-corrected chi connectivity index (χ0v) is 29.0. The van der Waals surface area contributed by atoms with Gasteiger partial charge in [-0.25, -0.2) is 0 Å². The van der Waals surface area contributed by atoms with Gasteiger partial charge in [0.2, 0.25) is 0 Å². The van der Waals surface area contributed by atoms with E-state index in [1.54, 1.807) is 0 Å². The second-order valence-electron chi connectivity index (χ2n) is 13.9. The smallest absolute Gasteiger partial charge is 0.0566 e. The minimum absolute atomic E-state index is 0.883. The lowest BCUT2D eigenvalue weighted by Crippen LogP contribution is -2.45. The average molecular weight is 680 g/mol. The van der Waals surface area contributed by atoms with Crippen LogP contribution in [0.1, 0.15) is 0 Å². The molecule has 3 aliphatic heterocycles. The molecule has 0 saturated carbocycles. The normalized spacial score (nSPS) is 14.0. The van der Waals surface area contributed by atoms with E-state index < -0.39 is 7.92 Å². The molecule has 12 rings (SSSR count). The summed E-state index contributed by atoms with van der Waals surface area (Å²) in [6, 6.07) is 67.6. The van der Waals surface area contributed by atoms with Crippen molar-refractivity contribution in [3.63, 3.8) is 0 Å². The lowest BCUT2D eigenvalue weighted by Gasteiger charge is -2.50. The summed E-state index contributed by atoms with van der Waals surface area (Å²) in [5, 5.41) is 11.7. The van der Waals surface area contributed by atoms with Gasteiger partial charge in [-0.3, -0.25) is 0 Å². The van der Waals surface area contributed by atoms with Crippen LogP contribution in [0.2, 0.25) is 0 Å². The Labute approximate surface area is 303 Å². The first-order chi connectivity index (χ1) is 25.8. The van der Waals surface area contributed by atoms with Gasteiger partial charge < -0.3 is 14.7 Å². The molecule has 0 fully saturated rings. The van der Waals surface area contributed by atoms with Gasteiger partial charge in [0, 0.05) is 40.9 Å². The zero-order valence-electron chi connectivity index (χ0n) is 28.1. The molecule has 0 bridgehead atoms. The van der Waals surface area contributed by atoms with Gasteiger partial charge in [-0.15, -0.1) is 0 Å². The molecule has 0 aliphatic carbocycles. The van der Waals surface area contributed by atoms with Crippen molar-refractivity contribution in [3.8, 4) is 0 Å². The Morgan fingerprint density at radius 2 is 0.519 bits per heavy atom. The minimum Gasteiger partial charge on any atom is -0.309 e. The molecule has 3 aliphatic rings. The standard InChI is InChI=1S/C48H30N3P/c1-4-13-34-28-37(25-22-31(34)10-1)49-40-16-7-18-42-46(40)52-47-41(49)17-8-19-43(47)51(39-27-24-33-12-3-6-15-36(33)30-39)45-21-9-20-44(48(45)52)50(42)38-26-23-32-11-2-5-14-35(32)29-38/h1-30H. The van der Waals surface area contributed by atoms with E-state index in [2.05, 4.69) is 197 Å². The van der Waals surface area contributed by atoms with Crippen LogP contribution in [0, 0.1) is 0 Å². The van der Waals surface area contributed by atoms with Gasteiger partial charge in [-0.1, -0.05) is 109 Å². The Bertz CT molecular complexity index is 2580. The highest BCUT2D eigenvalue weighted by molar-refractivity contribution is 7.82. The highest BCUT2D eigenvalue weighted by atomic mass is 31.1. The zero-order chi connectivity index (χ0) is 33.9. The monoisotopic (exact) mass is 679 g/mol. The molecule has 3 heterocycles. The Kier molecular flexibility index (Phi) is 5.75. The molecule has 0 radical (unpaired) electrons. The van der Waals surface area contributed by atoms with E-state index in [0.29, 0.717) is 0 Å². The number of fused-ring (bicyclic) bond motifs is 3. The maximum absolute atomic E-state index is 2.53. The van der Waals surface area contributed by atoms with E-state index in [1.165, 1.54) is 99.4 Å². The molecular formula is C48H30N3P. The van der Waals surface area contributed by atoms with Crippen molar-refractivity contribution in [1.29, 1.82) is 0 Å². The lowest BCUT2D eigenvalue weighted by molar-refractivity contribution is 1.23. The Balaban J connectivity index is 1.19. The Morgan fingerprint density at radius 1 is 0.250 bits per heavy atom. The number of anilines is 9. The number of hydrogen-bond acceptors (Lipinski definition) is 3. The molecule has 0 amide bonds. The molecule has 0 atom stereocenters. The summed E-state index contributed by atoms with van der Waals surface area (Å²) < 4.78 is 0. The van der Waals surface area contributed by atoms with E-state index >= 15 is 0 Å². The summed E-state index contributed by atoms with van der Waals surface area (Å²) in [7, 11) is -0.883. The van der Waals surface area contributed by atoms with Crippen molar-refractivity contribution in [2.75, 3.05) is 14.7 Å². The lowest BCUT2D eigenvalue weighted by atomic mass is 10.0. The molecule has 4 heteroatoms. The summed E-state index contributed by atoms with van der Waals surface area (Å²) in [5.74, 6) is 0. The van der Waals surface area contributed by atoms with Gasteiger partial charge in [-0.2, -0.15) is 0 Å². The fraction of sp³-hybridized carbons (Fsp3) is 0. The van der Waals surface area contributed by atoms with Gasteiger partial charge in [0.25, 0.3) is 0 Å². The van der Waals surface area contributed by atoms with Gasteiger partial charge in [0.1, 0.15) is 0 Å². The Hall–Kier alpha value is -6.41. The number of nitrogens with zero attached hydrogens (tertiary/aromatic N) is 3. The number of hydrogen-bond donors (Lipinski definition) is 0. The van der Waals surface area contributed by atoms with Crippen LogP contribution in [0.15, 0.2) is 182 Å². The summed E-state index contributed by atoms with van der Waals surface area (Å²) in [5.41, 5.74) is 11.1. The molecule has 0 spiro atoms. The molecule has 52 heavy (non-hydrogen) atoms. The fourth-order valence-corrected chi connectivity index (χ4v) is 11.9. The highest BCUT2D eigenvalue weighted by Crippen LogP contribution is 2.62. The van der Waals surface area contributed by atoms with Crippen molar-refractivity contribution in [2.24, 2.45) is 0 Å². The van der Waals surface area contributed by atoms with E-state index in [9.17, 15) is 0 Å². The van der Waals surface area contributed by atoms with Crippen molar-refractivity contribution in [1.82, 2.24) is 0 Å². The third kappa shape index (κ3) is 3.83. The molecule has 242 valence electrons. The Morgan fingerprint density at radius 3 is 0.808 bits per heavy atom. The maximum Gasteiger partial charge on any atom is 0.0566 e. The van der Waals surface area contributed by atoms with Gasteiger partial charge in [-0.05, 0) is 105 Å². The van der Waals surface area contributed by atoms with Gasteiger partial charge >= 0.3 is 0 Å². The van der Waals surface area contributed by atoms with Crippen LogP contribution >= 0.6 is 7.92 Å². The van der Waals surface area contributed by atoms with Crippen LogP contribution in [-0.4, -0.2) is 0 Å². The van der Waals surface area contributed by atoms with Crippen molar-refractivity contribution >= 4 is 107 Å². The first-order valence-electron chi connectivity index (χ1n) is 17.9. The largest absolute Gasteiger partial charge is 0.309 e. The number of benzene rings is 9. The highest BCUT2D eigenvalue weighted by Gasteiger charge is 2.46. The third-order valence-corrected chi connectivity index (χ3v) is 13.8. The number of rotatable bonds is 3. The molecule has 0 aromatic heterocycles. The predicted octanol–water partition coefficient (Wildman–Crippen LogP) is 12.3. The first-order valence-corrected chi connectivity index (χ1v) is 19.2. The van der Waals surface area contributed by atoms with E-state index in [1.807, 2.05) is 0 Å². The summed E-state index contributed by atoms with van der Waals surface area (Å²) >= 11 is 0. The second kappa shape index (κ2) is 10.6. The molecule has 0 N–H and O–H groups in total. The fourth-order valence-electron chi connectivity index (χ4n) is 8.84. The molecule has 9 aromatic carbocycles. The first kappa shape index (κ1) is 28.3. The minimum atomic E-state index is -0.883. The quantitative estimate of drug-likeness (QED) is 0.172. The summed E-state index contributed by atoms with van der Waals surface area (Å²) in [6.45, 7) is 0. The van der Waals surface area contributed by atoms with Crippen molar-refractivity contribution in [3.05, 3.63) is 182 Å². The summed E-state index contributed by atoms with van der Waals surface area (Å²) in [6.07, 6.45) is 0. The van der Waals surface area contributed by atoms with Crippen LogP contribution in [-0.2, 0) is 0 Å². The van der Waals surface area contributed by atoms with Crippen LogP contribution in [0.25, 0.3) is 32.3 Å². The van der Waals surface area contributed by atoms with Crippen LogP contribution in [0.3, 0.4) is 0 Å². The molecule has 0 saturated heterocycles.